The van der Waals surface area contributed by atoms with E-state index in [0.29, 0.717) is 0 Å². The van der Waals surface area contributed by atoms with E-state index < -0.39 is 0 Å². The van der Waals surface area contributed by atoms with Crippen LogP contribution in [0.25, 0.3) is 0 Å². The van der Waals surface area contributed by atoms with Crippen LogP contribution in [0.2, 0.25) is 0 Å². The summed E-state index contributed by atoms with van der Waals surface area (Å²) in [5.74, 6) is -0.497. The molecule has 0 saturated heterocycles. The van der Waals surface area contributed by atoms with E-state index in [9.17, 15) is 4.79 Å². The fourth-order valence-electron chi connectivity index (χ4n) is 1.76. The van der Waals surface area contributed by atoms with E-state index in [0.717, 1.165) is 11.4 Å². The molecule has 0 spiro atoms. The number of amides is 1. The van der Waals surface area contributed by atoms with E-state index in [1.165, 1.54) is 11.3 Å². The molecular formula is C10H17N3OS. The average Bonchev–Trinajstić information content (AvgIpc) is 2.54. The monoisotopic (exact) mass is 227 g/mol. The van der Waals surface area contributed by atoms with Gasteiger partial charge in [0.25, 0.3) is 0 Å². The van der Waals surface area contributed by atoms with Crippen LogP contribution in [0.5, 0.6) is 0 Å². The molecule has 0 aliphatic carbocycles. The van der Waals surface area contributed by atoms with Gasteiger partial charge in [0.1, 0.15) is 5.01 Å². The Hall–Kier alpha value is -0.940. The first-order chi connectivity index (χ1) is 7.02. The molecule has 0 aromatic carbocycles. The van der Waals surface area contributed by atoms with Gasteiger partial charge < -0.3 is 11.5 Å². The maximum atomic E-state index is 11.4. The number of carbonyl (C=O) groups is 1. The van der Waals surface area contributed by atoms with Gasteiger partial charge in [-0.1, -0.05) is 6.92 Å². The molecule has 1 rings (SSSR count). The van der Waals surface area contributed by atoms with Crippen molar-refractivity contribution in [2.75, 3.05) is 0 Å². The number of primary amides is 1. The first-order valence-corrected chi connectivity index (χ1v) is 5.84. The topological polar surface area (TPSA) is 82.0 Å². The minimum absolute atomic E-state index is 0.0711. The van der Waals surface area contributed by atoms with Crippen molar-refractivity contribution in [1.29, 1.82) is 0 Å². The average molecular weight is 227 g/mol. The fourth-order valence-corrected chi connectivity index (χ4v) is 2.63. The van der Waals surface area contributed by atoms with Crippen LogP contribution in [0, 0.1) is 5.92 Å². The third-order valence-corrected chi connectivity index (χ3v) is 3.20. The number of hydrogen-bond acceptors (Lipinski definition) is 4. The van der Waals surface area contributed by atoms with E-state index in [1.54, 1.807) is 6.20 Å². The van der Waals surface area contributed by atoms with Gasteiger partial charge in [-0.25, -0.2) is 4.98 Å². The number of aromatic nitrogens is 1. The smallest absolute Gasteiger partial charge is 0.227 e. The fraction of sp³-hybridized carbons (Fsp3) is 0.600. The molecule has 1 aromatic heterocycles. The molecule has 0 aliphatic heterocycles. The molecule has 0 aliphatic rings. The van der Waals surface area contributed by atoms with E-state index in [1.807, 2.05) is 19.2 Å². The second-order valence-electron chi connectivity index (χ2n) is 3.94. The Morgan fingerprint density at radius 1 is 1.60 bits per heavy atom. The Labute approximate surface area is 93.7 Å². The molecule has 4 nitrogen and oxygen atoms in total. The predicted octanol–water partition coefficient (Wildman–Crippen LogP) is 1.09. The summed E-state index contributed by atoms with van der Waals surface area (Å²) in [5.41, 5.74) is 11.1. The van der Waals surface area contributed by atoms with E-state index >= 15 is 0 Å². The Bertz CT molecular complexity index is 310. The Morgan fingerprint density at radius 2 is 2.27 bits per heavy atom. The largest absolute Gasteiger partial charge is 0.369 e. The Kier molecular flexibility index (Phi) is 4.23. The molecule has 1 aromatic rings. The lowest BCUT2D eigenvalue weighted by Crippen LogP contribution is -2.30. The quantitative estimate of drug-likeness (QED) is 0.789. The molecule has 0 bridgehead atoms. The molecule has 1 heterocycles. The van der Waals surface area contributed by atoms with Crippen molar-refractivity contribution in [3.63, 3.8) is 0 Å². The number of nitrogens with zero attached hydrogens (tertiary/aromatic N) is 1. The molecule has 0 saturated carbocycles. The van der Waals surface area contributed by atoms with Crippen LogP contribution in [0.15, 0.2) is 11.6 Å². The van der Waals surface area contributed by atoms with Crippen molar-refractivity contribution in [2.24, 2.45) is 17.4 Å². The molecule has 4 N–H and O–H groups in total. The summed E-state index contributed by atoms with van der Waals surface area (Å²) in [6.07, 6.45) is 2.46. The van der Waals surface area contributed by atoms with Crippen LogP contribution in [-0.4, -0.2) is 16.9 Å². The van der Waals surface area contributed by atoms with Crippen molar-refractivity contribution in [3.8, 4) is 0 Å². The normalized spacial score (nSPS) is 17.0. The van der Waals surface area contributed by atoms with Crippen molar-refractivity contribution in [2.45, 2.75) is 32.2 Å². The minimum atomic E-state index is -0.321. The van der Waals surface area contributed by atoms with Crippen LogP contribution >= 0.6 is 11.3 Å². The van der Waals surface area contributed by atoms with E-state index in [4.69, 9.17) is 11.5 Å². The number of rotatable bonds is 5. The van der Waals surface area contributed by atoms with Crippen LogP contribution in [0.4, 0.5) is 0 Å². The maximum absolute atomic E-state index is 11.4. The molecule has 1 amide bonds. The second kappa shape index (κ2) is 5.23. The summed E-state index contributed by atoms with van der Waals surface area (Å²) in [4.78, 5) is 15.5. The van der Waals surface area contributed by atoms with Crippen LogP contribution in [0.3, 0.4) is 0 Å². The number of hydrogen-bond donors (Lipinski definition) is 2. The van der Waals surface area contributed by atoms with Gasteiger partial charge in [0.05, 0.1) is 5.92 Å². The Morgan fingerprint density at radius 3 is 2.67 bits per heavy atom. The summed E-state index contributed by atoms with van der Waals surface area (Å²) < 4.78 is 0. The zero-order valence-electron chi connectivity index (χ0n) is 9.01. The van der Waals surface area contributed by atoms with Crippen LogP contribution in [0.1, 0.15) is 31.2 Å². The zero-order chi connectivity index (χ0) is 11.4. The third kappa shape index (κ3) is 3.28. The third-order valence-electron chi connectivity index (χ3n) is 2.34. The highest BCUT2D eigenvalue weighted by Crippen LogP contribution is 2.28. The Balaban J connectivity index is 2.79. The number of nitrogens with two attached hydrogens (primary N) is 2. The minimum Gasteiger partial charge on any atom is -0.369 e. The molecule has 15 heavy (non-hydrogen) atoms. The van der Waals surface area contributed by atoms with Gasteiger partial charge in [-0.15, -0.1) is 11.3 Å². The molecule has 0 radical (unpaired) electrons. The lowest BCUT2D eigenvalue weighted by molar-refractivity contribution is -0.120. The van der Waals surface area contributed by atoms with Gasteiger partial charge in [0.2, 0.25) is 5.91 Å². The van der Waals surface area contributed by atoms with Gasteiger partial charge >= 0.3 is 0 Å². The van der Waals surface area contributed by atoms with Gasteiger partial charge in [-0.2, -0.15) is 0 Å². The van der Waals surface area contributed by atoms with Gasteiger partial charge in [0, 0.05) is 17.6 Å². The molecular weight excluding hydrogens is 210 g/mol. The SMILES string of the molecule is CC(N)CC(C)C(C(N)=O)c1nccs1. The molecule has 0 fully saturated rings. The number of carbonyl (C=O) groups excluding carboxylic acids is 1. The summed E-state index contributed by atoms with van der Waals surface area (Å²) in [6, 6.07) is 0.0711. The lowest BCUT2D eigenvalue weighted by Gasteiger charge is -2.20. The van der Waals surface area contributed by atoms with Gasteiger partial charge in [-0.05, 0) is 19.3 Å². The first-order valence-electron chi connectivity index (χ1n) is 4.96. The summed E-state index contributed by atoms with van der Waals surface area (Å²) in [6.45, 7) is 3.91. The number of thiazole rings is 1. The highest BCUT2D eigenvalue weighted by atomic mass is 32.1. The lowest BCUT2D eigenvalue weighted by atomic mass is 9.89. The summed E-state index contributed by atoms with van der Waals surface area (Å²) in [5, 5.41) is 2.64. The maximum Gasteiger partial charge on any atom is 0.227 e. The predicted molar refractivity (Wildman–Crippen MR) is 61.5 cm³/mol. The summed E-state index contributed by atoms with van der Waals surface area (Å²) in [7, 11) is 0. The van der Waals surface area contributed by atoms with Crippen molar-refractivity contribution in [3.05, 3.63) is 16.6 Å². The molecule has 3 atom stereocenters. The molecule has 3 unspecified atom stereocenters. The highest BCUT2D eigenvalue weighted by molar-refractivity contribution is 7.09. The van der Waals surface area contributed by atoms with E-state index in [2.05, 4.69) is 4.98 Å². The van der Waals surface area contributed by atoms with E-state index in [-0.39, 0.29) is 23.8 Å². The van der Waals surface area contributed by atoms with Gasteiger partial charge in [-0.3, -0.25) is 4.79 Å². The van der Waals surface area contributed by atoms with Crippen molar-refractivity contribution >= 4 is 17.2 Å². The summed E-state index contributed by atoms with van der Waals surface area (Å²) >= 11 is 1.46. The van der Waals surface area contributed by atoms with Gasteiger partial charge in [0.15, 0.2) is 0 Å². The second-order valence-corrected chi connectivity index (χ2v) is 4.87. The van der Waals surface area contributed by atoms with Crippen LogP contribution < -0.4 is 11.5 Å². The zero-order valence-corrected chi connectivity index (χ0v) is 9.83. The molecule has 84 valence electrons. The van der Waals surface area contributed by atoms with Crippen molar-refractivity contribution < 1.29 is 4.79 Å². The molecule has 5 heteroatoms. The van der Waals surface area contributed by atoms with Crippen LogP contribution in [-0.2, 0) is 4.79 Å². The first kappa shape index (κ1) is 12.1. The standard InChI is InChI=1S/C10H17N3OS/c1-6(5-7(2)11)8(9(12)14)10-13-3-4-15-10/h3-4,6-8H,5,11H2,1-2H3,(H2,12,14). The highest BCUT2D eigenvalue weighted by Gasteiger charge is 2.27. The van der Waals surface area contributed by atoms with Crippen molar-refractivity contribution in [1.82, 2.24) is 4.98 Å².